The fraction of sp³-hybridized carbons (Fsp3) is 0.111. The van der Waals surface area contributed by atoms with E-state index < -0.39 is 11.8 Å². The van der Waals surface area contributed by atoms with Crippen LogP contribution in [0.2, 0.25) is 0 Å². The molecule has 128 valence electrons. The zero-order valence-corrected chi connectivity index (χ0v) is 13.7. The first kappa shape index (κ1) is 16.5. The van der Waals surface area contributed by atoms with Crippen molar-refractivity contribution in [1.82, 2.24) is 5.43 Å². The van der Waals surface area contributed by atoms with E-state index in [-0.39, 0.29) is 12.3 Å². The molecule has 0 atom stereocenters. The fourth-order valence-electron chi connectivity index (χ4n) is 2.49. The summed E-state index contributed by atoms with van der Waals surface area (Å²) in [6, 6.07) is 12.5. The van der Waals surface area contributed by atoms with Gasteiger partial charge in [0.05, 0.1) is 5.69 Å². The summed E-state index contributed by atoms with van der Waals surface area (Å²) in [5.74, 6) is 4.73. The molecule has 3 rings (SSSR count). The van der Waals surface area contributed by atoms with Crippen molar-refractivity contribution in [1.29, 1.82) is 0 Å². The van der Waals surface area contributed by atoms with E-state index in [0.717, 1.165) is 11.1 Å². The summed E-state index contributed by atoms with van der Waals surface area (Å²) in [5.41, 5.74) is 10.7. The van der Waals surface area contributed by atoms with Gasteiger partial charge < -0.3 is 10.5 Å². The molecular formula is C18H18N4O3. The average Bonchev–Trinajstić information content (AvgIpc) is 2.60. The number of carbonyl (C=O) groups excluding carboxylic acids is 2. The predicted octanol–water partition coefficient (Wildman–Crippen LogP) is 1.33. The summed E-state index contributed by atoms with van der Waals surface area (Å²) in [6.45, 7) is 1.76. The lowest BCUT2D eigenvalue weighted by atomic mass is 10.1. The molecule has 0 fully saturated rings. The molecule has 2 amide bonds. The van der Waals surface area contributed by atoms with E-state index in [9.17, 15) is 9.59 Å². The Bertz CT molecular complexity index is 859. The maximum Gasteiger partial charge on any atom is 0.294 e. The molecule has 0 bridgehead atoms. The lowest BCUT2D eigenvalue weighted by molar-refractivity contribution is -0.123. The fourth-order valence-corrected chi connectivity index (χ4v) is 2.49. The van der Waals surface area contributed by atoms with Crippen LogP contribution in [0.3, 0.4) is 0 Å². The number of ether oxygens (including phenoxy) is 1. The third-order valence-electron chi connectivity index (χ3n) is 3.79. The minimum atomic E-state index is -0.493. The molecule has 1 aliphatic rings. The summed E-state index contributed by atoms with van der Waals surface area (Å²) < 4.78 is 5.73. The first-order valence-electron chi connectivity index (χ1n) is 7.65. The number of carbonyl (C=O) groups is 2. The van der Waals surface area contributed by atoms with Gasteiger partial charge in [0.15, 0.2) is 11.5 Å². The van der Waals surface area contributed by atoms with Crippen LogP contribution < -0.4 is 26.6 Å². The van der Waals surface area contributed by atoms with Gasteiger partial charge in [0.25, 0.3) is 11.8 Å². The molecule has 7 heteroatoms. The molecule has 0 unspecified atom stereocenters. The van der Waals surface area contributed by atoms with Crippen LogP contribution in [0.5, 0.6) is 5.75 Å². The topological polar surface area (TPSA) is 111 Å². The van der Waals surface area contributed by atoms with Crippen LogP contribution in [0.25, 0.3) is 6.08 Å². The lowest BCUT2D eigenvalue weighted by Crippen LogP contribution is -2.45. The minimum absolute atomic E-state index is 0.103. The molecule has 0 spiro atoms. The van der Waals surface area contributed by atoms with Gasteiger partial charge in [-0.25, -0.2) is 5.84 Å². The van der Waals surface area contributed by atoms with Gasteiger partial charge in [0.2, 0.25) is 0 Å². The number of fused-ring (bicyclic) bond motifs is 1. The number of nitrogens with one attached hydrogen (secondary N) is 1. The van der Waals surface area contributed by atoms with Crippen LogP contribution in [0, 0.1) is 6.92 Å². The number of aryl methyl sites for hydroxylation is 1. The Morgan fingerprint density at radius 1 is 1.24 bits per heavy atom. The summed E-state index contributed by atoms with van der Waals surface area (Å²) in [7, 11) is 0. The highest BCUT2D eigenvalue weighted by Crippen LogP contribution is 2.37. The van der Waals surface area contributed by atoms with E-state index in [0.29, 0.717) is 17.1 Å². The number of anilines is 2. The van der Waals surface area contributed by atoms with Crippen LogP contribution in [0.1, 0.15) is 11.1 Å². The molecule has 2 aromatic carbocycles. The average molecular weight is 338 g/mol. The number of nitrogen functional groups attached to an aromatic ring is 1. The van der Waals surface area contributed by atoms with Gasteiger partial charge >= 0.3 is 0 Å². The van der Waals surface area contributed by atoms with Gasteiger partial charge in [-0.05, 0) is 30.7 Å². The minimum Gasteiger partial charge on any atom is -0.449 e. The van der Waals surface area contributed by atoms with Gasteiger partial charge in [-0.3, -0.25) is 19.9 Å². The number of hydrogen-bond acceptors (Lipinski definition) is 5. The molecule has 1 aliphatic heterocycles. The third-order valence-corrected chi connectivity index (χ3v) is 3.79. The van der Waals surface area contributed by atoms with E-state index in [2.05, 4.69) is 0 Å². The molecule has 0 saturated heterocycles. The molecule has 0 radical (unpaired) electrons. The summed E-state index contributed by atoms with van der Waals surface area (Å²) in [5, 5.41) is 0. The van der Waals surface area contributed by atoms with Crippen molar-refractivity contribution < 1.29 is 14.3 Å². The monoisotopic (exact) mass is 338 g/mol. The van der Waals surface area contributed by atoms with E-state index in [4.69, 9.17) is 16.3 Å². The van der Waals surface area contributed by atoms with Gasteiger partial charge in [0, 0.05) is 11.8 Å². The zero-order chi connectivity index (χ0) is 18.0. The van der Waals surface area contributed by atoms with Crippen LogP contribution in [0.4, 0.5) is 11.4 Å². The first-order chi connectivity index (χ1) is 12.0. The zero-order valence-electron chi connectivity index (χ0n) is 13.7. The van der Waals surface area contributed by atoms with E-state index in [1.807, 2.05) is 36.6 Å². The number of rotatable bonds is 3. The van der Waals surface area contributed by atoms with E-state index in [1.54, 1.807) is 24.3 Å². The van der Waals surface area contributed by atoms with Crippen molar-refractivity contribution in [3.8, 4) is 5.75 Å². The smallest absolute Gasteiger partial charge is 0.294 e. The highest BCUT2D eigenvalue weighted by Gasteiger charge is 2.31. The SMILES string of the molecule is Cc1ccc(/C=C2/Oc3cc(N)ccc3N(CC(=O)NN)C2=O)cc1. The quantitative estimate of drug-likeness (QED) is 0.257. The number of nitrogens with two attached hydrogens (primary N) is 2. The Morgan fingerprint density at radius 2 is 1.96 bits per heavy atom. The molecule has 25 heavy (non-hydrogen) atoms. The van der Waals surface area contributed by atoms with Gasteiger partial charge in [-0.1, -0.05) is 29.8 Å². The lowest BCUT2D eigenvalue weighted by Gasteiger charge is -2.30. The number of amides is 2. The standard InChI is InChI=1S/C18H18N4O3/c1-11-2-4-12(5-3-11)8-16-18(24)22(10-17(23)21-20)14-7-6-13(19)9-15(14)25-16/h2-9H,10,19-20H2,1H3,(H,21,23)/b16-8+. The maximum absolute atomic E-state index is 12.8. The number of hydrogen-bond donors (Lipinski definition) is 3. The predicted molar refractivity (Wildman–Crippen MR) is 95.3 cm³/mol. The second-order valence-corrected chi connectivity index (χ2v) is 5.71. The van der Waals surface area contributed by atoms with Crippen LogP contribution in [0.15, 0.2) is 48.2 Å². The van der Waals surface area contributed by atoms with Crippen molar-refractivity contribution in [3.63, 3.8) is 0 Å². The summed E-state index contributed by atoms with van der Waals surface area (Å²) in [6.07, 6.45) is 1.63. The molecule has 2 aromatic rings. The second kappa shape index (κ2) is 6.66. The highest BCUT2D eigenvalue weighted by molar-refractivity contribution is 6.12. The van der Waals surface area contributed by atoms with E-state index >= 15 is 0 Å². The van der Waals surface area contributed by atoms with Crippen molar-refractivity contribution in [2.24, 2.45) is 5.84 Å². The van der Waals surface area contributed by atoms with Crippen molar-refractivity contribution in [3.05, 3.63) is 59.4 Å². The van der Waals surface area contributed by atoms with Crippen LogP contribution in [-0.4, -0.2) is 18.4 Å². The normalized spacial score (nSPS) is 14.9. The second-order valence-electron chi connectivity index (χ2n) is 5.71. The largest absolute Gasteiger partial charge is 0.449 e. The Labute approximate surface area is 144 Å². The molecule has 0 aromatic heterocycles. The first-order valence-corrected chi connectivity index (χ1v) is 7.65. The molecule has 0 saturated carbocycles. The highest BCUT2D eigenvalue weighted by atomic mass is 16.5. The van der Waals surface area contributed by atoms with Crippen LogP contribution in [-0.2, 0) is 9.59 Å². The van der Waals surface area contributed by atoms with Crippen molar-refractivity contribution >= 4 is 29.3 Å². The summed E-state index contributed by atoms with van der Waals surface area (Å²) in [4.78, 5) is 25.8. The maximum atomic E-state index is 12.8. The van der Waals surface area contributed by atoms with E-state index in [1.165, 1.54) is 4.90 Å². The van der Waals surface area contributed by atoms with Crippen LogP contribution >= 0.6 is 0 Å². The number of nitrogens with zero attached hydrogens (tertiary/aromatic N) is 1. The van der Waals surface area contributed by atoms with Gasteiger partial charge in [-0.15, -0.1) is 0 Å². The van der Waals surface area contributed by atoms with Gasteiger partial charge in [0.1, 0.15) is 6.54 Å². The Hall–Kier alpha value is -3.32. The Balaban J connectivity index is 2.02. The Morgan fingerprint density at radius 3 is 2.64 bits per heavy atom. The molecule has 1 heterocycles. The number of benzene rings is 2. The molecule has 7 nitrogen and oxygen atoms in total. The van der Waals surface area contributed by atoms with Crippen molar-refractivity contribution in [2.75, 3.05) is 17.2 Å². The summed E-state index contributed by atoms with van der Waals surface area (Å²) >= 11 is 0. The molecule has 5 N–H and O–H groups in total. The molecule has 0 aliphatic carbocycles. The third kappa shape index (κ3) is 3.46. The molecular weight excluding hydrogens is 320 g/mol. The van der Waals surface area contributed by atoms with Gasteiger partial charge in [-0.2, -0.15) is 0 Å². The Kier molecular flexibility index (Phi) is 4.40. The number of hydrazine groups is 1. The van der Waals surface area contributed by atoms with Crippen molar-refractivity contribution in [2.45, 2.75) is 6.92 Å².